The molecule has 3 heterocycles. The minimum atomic E-state index is -4.77. The third kappa shape index (κ3) is 6.18. The number of alkyl halides is 5. The summed E-state index contributed by atoms with van der Waals surface area (Å²) in [6.45, 7) is 8.77. The molecule has 1 saturated carbocycles. The average Bonchev–Trinajstić information content (AvgIpc) is 3.34. The summed E-state index contributed by atoms with van der Waals surface area (Å²) in [7, 11) is -8.04. The molecule has 2 aliphatic rings. The number of rotatable bonds is 9. The first-order valence-electron chi connectivity index (χ1n) is 12.9. The molecule has 0 bridgehead atoms. The van der Waals surface area contributed by atoms with Crippen molar-refractivity contribution in [2.45, 2.75) is 61.6 Å². The van der Waals surface area contributed by atoms with E-state index in [2.05, 4.69) is 24.9 Å². The summed E-state index contributed by atoms with van der Waals surface area (Å²) < 4.78 is 124. The first-order chi connectivity index (χ1) is 20.0. The van der Waals surface area contributed by atoms with E-state index < -0.39 is 60.0 Å². The largest absolute Gasteiger partial charge is 0.408 e. The van der Waals surface area contributed by atoms with Crippen LogP contribution >= 0.6 is 11.3 Å². The molecule has 43 heavy (non-hydrogen) atoms. The quantitative estimate of drug-likeness (QED) is 0.270. The fourth-order valence-electron chi connectivity index (χ4n) is 4.67. The van der Waals surface area contributed by atoms with Crippen LogP contribution in [0.1, 0.15) is 38.1 Å². The molecule has 0 unspecified atom stereocenters. The zero-order chi connectivity index (χ0) is 31.5. The highest BCUT2D eigenvalue weighted by Crippen LogP contribution is 2.42. The van der Waals surface area contributed by atoms with Gasteiger partial charge in [-0.2, -0.15) is 22.6 Å². The van der Waals surface area contributed by atoms with Gasteiger partial charge >= 0.3 is 6.18 Å². The summed E-state index contributed by atoms with van der Waals surface area (Å²) in [5, 5.41) is 9.33. The predicted molar refractivity (Wildman–Crippen MR) is 146 cm³/mol. The maximum atomic E-state index is 13.7. The molecule has 2 aromatic heterocycles. The summed E-state index contributed by atoms with van der Waals surface area (Å²) in [5.74, 6) is 0. The molecule has 0 spiro atoms. The molecule has 1 saturated heterocycles. The average molecular weight is 669 g/mol. The Morgan fingerprint density at radius 3 is 2.26 bits per heavy atom. The number of hydrogen-bond acceptors (Lipinski definition) is 9. The summed E-state index contributed by atoms with van der Waals surface area (Å²) in [4.78, 5) is 4.51. The monoisotopic (exact) mass is 668 g/mol. The topological polar surface area (TPSA) is 135 Å². The van der Waals surface area contributed by atoms with Gasteiger partial charge in [-0.25, -0.2) is 32.2 Å². The van der Waals surface area contributed by atoms with Gasteiger partial charge in [0.2, 0.25) is 20.0 Å². The molecule has 1 aromatic carbocycles. The van der Waals surface area contributed by atoms with E-state index in [1.807, 2.05) is 0 Å². The van der Waals surface area contributed by atoms with Crippen molar-refractivity contribution in [1.29, 1.82) is 0 Å². The Kier molecular flexibility index (Phi) is 7.95. The second-order valence-electron chi connectivity index (χ2n) is 10.4. The van der Waals surface area contributed by atoms with Crippen LogP contribution < -0.4 is 9.62 Å². The van der Waals surface area contributed by atoms with Crippen LogP contribution in [0.15, 0.2) is 17.0 Å². The summed E-state index contributed by atoms with van der Waals surface area (Å²) in [6.07, 6.45) is -7.24. The highest BCUT2D eigenvalue weighted by molar-refractivity contribution is 7.89. The van der Waals surface area contributed by atoms with Crippen LogP contribution in [0, 0.1) is 6.57 Å². The predicted octanol–water partition coefficient (Wildman–Crippen LogP) is 3.60. The molecule has 2 fully saturated rings. The summed E-state index contributed by atoms with van der Waals surface area (Å²) in [5.41, 5.74) is -1.76. The zero-order valence-electron chi connectivity index (χ0n) is 22.6. The second-order valence-corrected chi connectivity index (χ2v) is 15.6. The van der Waals surface area contributed by atoms with Gasteiger partial charge in [0.15, 0.2) is 10.0 Å². The normalized spacial score (nSPS) is 18.1. The SMILES string of the molecule is [C-]#[N+]C1(NS(=O)(=O)c2cc(N3CCN(S(=O)(=O)C(C)C)CC3)c3c(c2)c(-c2nnc(C(F)F)s2)nn3CC(F)(F)F)CC1. The lowest BCUT2D eigenvalue weighted by Gasteiger charge is -2.36. The summed E-state index contributed by atoms with van der Waals surface area (Å²) in [6, 6.07) is 2.22. The number of anilines is 1. The smallest absolute Gasteiger partial charge is 0.367 e. The number of aromatic nitrogens is 4. The van der Waals surface area contributed by atoms with E-state index >= 15 is 0 Å². The van der Waals surface area contributed by atoms with Gasteiger partial charge in [0, 0.05) is 31.6 Å². The number of nitrogens with zero attached hydrogens (tertiary/aromatic N) is 7. The molecular weight excluding hydrogens is 643 g/mol. The number of nitrogens with one attached hydrogen (secondary N) is 1. The standard InChI is InChI=1S/C23H25F5N8O4S3/c1-13(2)43(39,40)35-8-6-34(7-9-35)16-11-14(42(37,38)33-22(29-3)4-5-22)10-15-17(20-30-31-21(41-20)19(24)25)32-36(18(15)16)12-23(26,27)28/h10-11,13,19,33H,4-9,12H2,1-2H3. The Morgan fingerprint density at radius 2 is 1.74 bits per heavy atom. The number of halogens is 5. The molecule has 1 N–H and O–H groups in total. The maximum Gasteiger partial charge on any atom is 0.408 e. The summed E-state index contributed by atoms with van der Waals surface area (Å²) >= 11 is 0.403. The van der Waals surface area contributed by atoms with Gasteiger partial charge in [0.25, 0.3) is 12.1 Å². The fraction of sp³-hybridized carbons (Fsp3) is 0.565. The van der Waals surface area contributed by atoms with Crippen molar-refractivity contribution >= 4 is 48.0 Å². The highest BCUT2D eigenvalue weighted by Gasteiger charge is 2.54. The number of hydrogen-bond donors (Lipinski definition) is 1. The van der Waals surface area contributed by atoms with E-state index in [9.17, 15) is 38.8 Å². The number of sulfonamides is 2. The van der Waals surface area contributed by atoms with Crippen LogP contribution in [0.2, 0.25) is 0 Å². The molecule has 0 atom stereocenters. The third-order valence-corrected chi connectivity index (χ3v) is 11.8. The van der Waals surface area contributed by atoms with Crippen LogP contribution in [0.4, 0.5) is 27.6 Å². The van der Waals surface area contributed by atoms with E-state index in [4.69, 9.17) is 6.57 Å². The van der Waals surface area contributed by atoms with Gasteiger partial charge in [0.05, 0.1) is 34.2 Å². The Bertz CT molecular complexity index is 1800. The van der Waals surface area contributed by atoms with Gasteiger partial charge in [-0.05, 0) is 26.0 Å². The van der Waals surface area contributed by atoms with Crippen molar-refractivity contribution in [2.24, 2.45) is 0 Å². The minimum Gasteiger partial charge on any atom is -0.367 e. The van der Waals surface area contributed by atoms with E-state index in [1.54, 1.807) is 4.90 Å². The van der Waals surface area contributed by atoms with Crippen molar-refractivity contribution in [1.82, 2.24) is 29.0 Å². The number of piperazine rings is 1. The molecule has 234 valence electrons. The fourth-order valence-corrected chi connectivity index (χ4v) is 8.05. The molecule has 5 rings (SSSR count). The zero-order valence-corrected chi connectivity index (χ0v) is 25.1. The maximum absolute atomic E-state index is 13.7. The van der Waals surface area contributed by atoms with E-state index in [1.165, 1.54) is 18.2 Å². The third-order valence-electron chi connectivity index (χ3n) is 7.06. The van der Waals surface area contributed by atoms with Gasteiger partial charge in [0.1, 0.15) is 12.2 Å². The van der Waals surface area contributed by atoms with Crippen LogP contribution in [0.5, 0.6) is 0 Å². The Morgan fingerprint density at radius 1 is 1.09 bits per heavy atom. The second kappa shape index (κ2) is 10.9. The molecular formula is C23H25F5N8O4S3. The Hall–Kier alpha value is -2.99. The molecule has 0 radical (unpaired) electrons. The molecule has 0 amide bonds. The first kappa shape index (κ1) is 31.4. The van der Waals surface area contributed by atoms with Crippen LogP contribution in [-0.2, 0) is 26.6 Å². The van der Waals surface area contributed by atoms with E-state index in [0.29, 0.717) is 16.0 Å². The lowest BCUT2D eigenvalue weighted by atomic mass is 10.1. The van der Waals surface area contributed by atoms with E-state index in [-0.39, 0.29) is 66.3 Å². The van der Waals surface area contributed by atoms with Gasteiger partial charge in [-0.1, -0.05) is 11.3 Å². The number of benzene rings is 1. The molecule has 12 nitrogen and oxygen atoms in total. The molecule has 3 aromatic rings. The first-order valence-corrected chi connectivity index (χ1v) is 16.7. The van der Waals surface area contributed by atoms with Crippen molar-refractivity contribution in [3.8, 4) is 10.7 Å². The van der Waals surface area contributed by atoms with Crippen molar-refractivity contribution in [3.63, 3.8) is 0 Å². The lowest BCUT2D eigenvalue weighted by Crippen LogP contribution is -2.50. The Balaban J connectivity index is 1.70. The highest BCUT2D eigenvalue weighted by atomic mass is 32.2. The van der Waals surface area contributed by atoms with Gasteiger partial charge in [-0.15, -0.1) is 14.9 Å². The molecule has 20 heteroatoms. The van der Waals surface area contributed by atoms with Crippen molar-refractivity contribution in [3.05, 3.63) is 28.6 Å². The van der Waals surface area contributed by atoms with Gasteiger partial charge in [-0.3, -0.25) is 9.53 Å². The minimum absolute atomic E-state index is 0.00480. The van der Waals surface area contributed by atoms with Crippen LogP contribution in [0.3, 0.4) is 0 Å². The van der Waals surface area contributed by atoms with Crippen LogP contribution in [-0.4, -0.2) is 84.4 Å². The van der Waals surface area contributed by atoms with Crippen molar-refractivity contribution in [2.75, 3.05) is 31.1 Å². The van der Waals surface area contributed by atoms with Crippen LogP contribution in [0.25, 0.3) is 26.4 Å². The van der Waals surface area contributed by atoms with Crippen molar-refractivity contribution < 1.29 is 38.8 Å². The van der Waals surface area contributed by atoms with E-state index in [0.717, 1.165) is 12.1 Å². The molecule has 1 aliphatic carbocycles. The number of fused-ring (bicyclic) bond motifs is 1. The Labute approximate surface area is 247 Å². The lowest BCUT2D eigenvalue weighted by molar-refractivity contribution is -0.141. The van der Waals surface area contributed by atoms with Gasteiger partial charge < -0.3 is 4.90 Å². The molecule has 1 aliphatic heterocycles.